The summed E-state index contributed by atoms with van der Waals surface area (Å²) in [5, 5.41) is 5.64. The van der Waals surface area contributed by atoms with Gasteiger partial charge in [0, 0.05) is 5.56 Å². The van der Waals surface area contributed by atoms with E-state index in [2.05, 4.69) is 36.3 Å². The van der Waals surface area contributed by atoms with Crippen molar-refractivity contribution in [1.29, 1.82) is 0 Å². The van der Waals surface area contributed by atoms with E-state index in [-0.39, 0.29) is 16.6 Å². The number of fused-ring (bicyclic) bond motifs is 1. The molecule has 1 aromatic carbocycles. The van der Waals surface area contributed by atoms with Crippen LogP contribution in [0.2, 0.25) is 10.0 Å². The average Bonchev–Trinajstić information content (AvgIpc) is 2.78. The first-order valence-corrected chi connectivity index (χ1v) is 9.77. The highest BCUT2D eigenvalue weighted by atomic mass is 79.9. The van der Waals surface area contributed by atoms with Gasteiger partial charge in [-0.15, -0.1) is 10.8 Å². The topological polar surface area (TPSA) is 107 Å². The molecule has 3 rings (SSSR count). The molecule has 0 unspecified atom stereocenters. The Balaban J connectivity index is 1.82. The van der Waals surface area contributed by atoms with Crippen LogP contribution < -0.4 is 15.4 Å². The molecule has 0 spiro atoms. The van der Waals surface area contributed by atoms with Gasteiger partial charge in [0.25, 0.3) is 0 Å². The molecule has 11 heteroatoms. The minimum absolute atomic E-state index is 0.0415. The summed E-state index contributed by atoms with van der Waals surface area (Å²) in [4.78, 5) is 16.3. The van der Waals surface area contributed by atoms with E-state index in [9.17, 15) is 13.9 Å². The molecule has 1 aliphatic heterocycles. The standard InChI is InChI=1S/C13H11BrCl2N4O3S/c14-9-4-6-5-24(22,23)20-11(6)12(18-9)19-13(21)17-8-3-1-2-7(15)10(8)16/h1-4,20,22-23H,5H2,(H2,17,18,19,21). The Hall–Kier alpha value is -1.23. The maximum atomic E-state index is 12.2. The van der Waals surface area contributed by atoms with E-state index < -0.39 is 16.8 Å². The van der Waals surface area contributed by atoms with E-state index >= 15 is 0 Å². The Kier molecular flexibility index (Phi) is 4.82. The van der Waals surface area contributed by atoms with Gasteiger partial charge in [0.15, 0.2) is 5.82 Å². The maximum Gasteiger partial charge on any atom is 0.324 e. The second kappa shape index (κ2) is 6.58. The quantitative estimate of drug-likeness (QED) is 0.392. The summed E-state index contributed by atoms with van der Waals surface area (Å²) < 4.78 is 22.6. The first-order chi connectivity index (χ1) is 11.2. The van der Waals surface area contributed by atoms with Crippen molar-refractivity contribution in [3.63, 3.8) is 0 Å². The zero-order valence-electron chi connectivity index (χ0n) is 11.8. The molecule has 0 atom stereocenters. The molecule has 0 aliphatic carbocycles. The predicted molar refractivity (Wildman–Crippen MR) is 101 cm³/mol. The number of urea groups is 1. The fourth-order valence-corrected chi connectivity index (χ4v) is 4.25. The van der Waals surface area contributed by atoms with Crippen LogP contribution in [0.4, 0.5) is 22.0 Å². The van der Waals surface area contributed by atoms with Gasteiger partial charge < -0.3 is 5.32 Å². The van der Waals surface area contributed by atoms with Crippen molar-refractivity contribution in [2.45, 2.75) is 5.75 Å². The lowest BCUT2D eigenvalue weighted by molar-refractivity contribution is 0.262. The first-order valence-electron chi connectivity index (χ1n) is 6.50. The number of anilines is 3. The molecule has 0 saturated carbocycles. The molecule has 0 saturated heterocycles. The second-order valence-electron chi connectivity index (χ2n) is 4.92. The summed E-state index contributed by atoms with van der Waals surface area (Å²) >= 11 is 15.2. The summed E-state index contributed by atoms with van der Waals surface area (Å²) in [7, 11) is -2.97. The summed E-state index contributed by atoms with van der Waals surface area (Å²) in [6.07, 6.45) is 0. The van der Waals surface area contributed by atoms with Gasteiger partial charge >= 0.3 is 6.03 Å². The van der Waals surface area contributed by atoms with Crippen molar-refractivity contribution in [2.75, 3.05) is 15.4 Å². The third kappa shape index (κ3) is 3.71. The number of hydrogen-bond acceptors (Lipinski definition) is 5. The number of nitrogens with zero attached hydrogens (tertiary/aromatic N) is 1. The van der Waals surface area contributed by atoms with Gasteiger partial charge in [0.2, 0.25) is 0 Å². The Bertz CT molecular complexity index is 837. The van der Waals surface area contributed by atoms with Crippen molar-refractivity contribution in [3.8, 4) is 0 Å². The van der Waals surface area contributed by atoms with Crippen LogP contribution in [0.15, 0.2) is 28.9 Å². The molecule has 0 bridgehead atoms. The highest BCUT2D eigenvalue weighted by Crippen LogP contribution is 2.53. The van der Waals surface area contributed by atoms with Gasteiger partial charge in [-0.1, -0.05) is 29.3 Å². The number of aromatic nitrogens is 1. The number of halogens is 3. The Morgan fingerprint density at radius 1 is 1.33 bits per heavy atom. The summed E-state index contributed by atoms with van der Waals surface area (Å²) in [5.74, 6) is 0.201. The summed E-state index contributed by atoms with van der Waals surface area (Å²) in [5.41, 5.74) is 1.34. The van der Waals surface area contributed by atoms with E-state index in [1.165, 1.54) is 0 Å². The van der Waals surface area contributed by atoms with Crippen LogP contribution in [0.5, 0.6) is 0 Å². The van der Waals surface area contributed by atoms with Crippen LogP contribution >= 0.6 is 49.9 Å². The molecule has 2 heterocycles. The van der Waals surface area contributed by atoms with Crippen LogP contribution in [0, 0.1) is 0 Å². The molecule has 128 valence electrons. The summed E-state index contributed by atoms with van der Waals surface area (Å²) in [6.45, 7) is 0. The van der Waals surface area contributed by atoms with E-state index in [0.29, 0.717) is 26.6 Å². The van der Waals surface area contributed by atoms with Crippen molar-refractivity contribution >= 4 is 73.1 Å². The molecule has 0 radical (unpaired) electrons. The van der Waals surface area contributed by atoms with Gasteiger partial charge in [-0.25, -0.2) is 9.78 Å². The molecule has 2 aromatic rings. The van der Waals surface area contributed by atoms with Crippen molar-refractivity contribution in [2.24, 2.45) is 0 Å². The van der Waals surface area contributed by atoms with Gasteiger partial charge in [-0.05, 0) is 34.1 Å². The molecular formula is C13H11BrCl2N4O3S. The van der Waals surface area contributed by atoms with Crippen molar-refractivity contribution in [3.05, 3.63) is 44.5 Å². The third-order valence-electron chi connectivity index (χ3n) is 3.12. The minimum atomic E-state index is -2.97. The van der Waals surface area contributed by atoms with E-state index in [1.807, 2.05) is 0 Å². The van der Waals surface area contributed by atoms with Gasteiger partial charge in [-0.3, -0.25) is 19.1 Å². The highest BCUT2D eigenvalue weighted by Gasteiger charge is 2.28. The SMILES string of the molecule is O=C(Nc1cccc(Cl)c1Cl)Nc1nc(Br)cc2c1NS(O)(O)C2. The molecule has 0 fully saturated rings. The molecule has 1 aliphatic rings. The van der Waals surface area contributed by atoms with Crippen molar-refractivity contribution < 1.29 is 13.9 Å². The largest absolute Gasteiger partial charge is 0.324 e. The number of carbonyl (C=O) groups is 1. The number of carbonyl (C=O) groups excluding carboxylic acids is 1. The predicted octanol–water partition coefficient (Wildman–Crippen LogP) is 5.39. The maximum absolute atomic E-state index is 12.2. The van der Waals surface area contributed by atoms with E-state index in [4.69, 9.17) is 23.2 Å². The molecule has 2 amide bonds. The van der Waals surface area contributed by atoms with Crippen LogP contribution in [-0.4, -0.2) is 20.1 Å². The lowest BCUT2D eigenvalue weighted by Gasteiger charge is -2.26. The number of rotatable bonds is 2. The molecule has 5 N–H and O–H groups in total. The molecule has 24 heavy (non-hydrogen) atoms. The number of hydrogen-bond donors (Lipinski definition) is 5. The van der Waals surface area contributed by atoms with Crippen LogP contribution in [0.3, 0.4) is 0 Å². The smallest absolute Gasteiger partial charge is 0.306 e. The number of pyridine rings is 1. The third-order valence-corrected chi connectivity index (χ3v) is 5.59. The molecule has 7 nitrogen and oxygen atoms in total. The van der Waals surface area contributed by atoms with Crippen LogP contribution in [0.25, 0.3) is 0 Å². The van der Waals surface area contributed by atoms with Crippen LogP contribution in [0.1, 0.15) is 5.56 Å². The molecular weight excluding hydrogens is 443 g/mol. The first kappa shape index (κ1) is 17.6. The number of amides is 2. The van der Waals surface area contributed by atoms with Crippen molar-refractivity contribution in [1.82, 2.24) is 4.98 Å². The fourth-order valence-electron chi connectivity index (χ4n) is 2.16. The summed E-state index contributed by atoms with van der Waals surface area (Å²) in [6, 6.07) is 5.90. The zero-order valence-corrected chi connectivity index (χ0v) is 15.7. The fraction of sp³-hybridized carbons (Fsp3) is 0.0769. The number of nitrogens with one attached hydrogen (secondary N) is 3. The zero-order chi connectivity index (χ0) is 17.5. The normalized spacial score (nSPS) is 16.0. The van der Waals surface area contributed by atoms with E-state index in [0.717, 1.165) is 0 Å². The lowest BCUT2D eigenvalue weighted by Crippen LogP contribution is -2.21. The molecule has 1 aromatic heterocycles. The number of benzene rings is 1. The lowest BCUT2D eigenvalue weighted by atomic mass is 10.2. The van der Waals surface area contributed by atoms with Gasteiger partial charge in [-0.2, -0.15) is 0 Å². The Labute approximate surface area is 157 Å². The van der Waals surface area contributed by atoms with Gasteiger partial charge in [0.1, 0.15) is 10.3 Å². The van der Waals surface area contributed by atoms with E-state index in [1.54, 1.807) is 24.3 Å². The highest BCUT2D eigenvalue weighted by molar-refractivity contribution is 9.10. The van der Waals surface area contributed by atoms with Gasteiger partial charge in [0.05, 0.1) is 21.5 Å². The monoisotopic (exact) mass is 452 g/mol. The second-order valence-corrected chi connectivity index (χ2v) is 8.35. The minimum Gasteiger partial charge on any atom is -0.306 e. The average molecular weight is 454 g/mol. The van der Waals surface area contributed by atoms with Crippen LogP contribution in [-0.2, 0) is 5.75 Å². The Morgan fingerprint density at radius 2 is 2.08 bits per heavy atom. The Morgan fingerprint density at radius 3 is 2.83 bits per heavy atom.